The second kappa shape index (κ2) is 6.53. The van der Waals surface area contributed by atoms with Crippen LogP contribution in [0.4, 0.5) is 0 Å². The molecule has 0 heterocycles. The molecule has 0 spiro atoms. The van der Waals surface area contributed by atoms with Gasteiger partial charge in [-0.2, -0.15) is 0 Å². The second-order valence-electron chi connectivity index (χ2n) is 3.99. The molecule has 0 aromatic heterocycles. The van der Waals surface area contributed by atoms with Gasteiger partial charge in [0.1, 0.15) is 0 Å². The third kappa shape index (κ3) is 4.15. The summed E-state index contributed by atoms with van der Waals surface area (Å²) in [6.45, 7) is 0. The summed E-state index contributed by atoms with van der Waals surface area (Å²) < 4.78 is 2.64. The van der Waals surface area contributed by atoms with Crippen LogP contribution < -0.4 is 0 Å². The highest BCUT2D eigenvalue weighted by molar-refractivity contribution is 9.11. The van der Waals surface area contributed by atoms with Gasteiger partial charge < -0.3 is 0 Å². The molecule has 0 fully saturated rings. The number of halogens is 4. The monoisotopic (exact) mass is 464 g/mol. The zero-order chi connectivity index (χ0) is 14.0. The maximum Gasteiger partial charge on any atom is 0.167 e. The predicted molar refractivity (Wildman–Crippen MR) is 89.0 cm³/mol. The Balaban J connectivity index is 2.25. The first kappa shape index (κ1) is 15.2. The second-order valence-corrected chi connectivity index (χ2v) is 7.15. The number of hydrogen-bond donors (Lipinski definition) is 0. The van der Waals surface area contributed by atoms with E-state index in [1.165, 1.54) is 0 Å². The highest BCUT2D eigenvalue weighted by Crippen LogP contribution is 2.25. The minimum atomic E-state index is 0.0335. The zero-order valence-corrected chi connectivity index (χ0v) is 15.1. The molecule has 1 nitrogen and oxygen atoms in total. The number of carbonyl (C=O) groups is 1. The summed E-state index contributed by atoms with van der Waals surface area (Å²) in [5, 5.41) is 0.594. The Morgan fingerprint density at radius 3 is 2.16 bits per heavy atom. The summed E-state index contributed by atoms with van der Waals surface area (Å²) in [5.41, 5.74) is 1.48. The molecule has 2 rings (SSSR count). The molecule has 0 aliphatic carbocycles. The lowest BCUT2D eigenvalue weighted by Crippen LogP contribution is -2.04. The van der Waals surface area contributed by atoms with Crippen LogP contribution in [0.25, 0.3) is 0 Å². The quantitative estimate of drug-likeness (QED) is 0.502. The van der Waals surface area contributed by atoms with Crippen molar-refractivity contribution >= 4 is 65.2 Å². The third-order valence-corrected chi connectivity index (χ3v) is 4.31. The number of Topliss-reactive ketones (excluding diaryl/α,β-unsaturated/α-hetero) is 1. The molecule has 5 heteroatoms. The summed E-state index contributed by atoms with van der Waals surface area (Å²) in [7, 11) is 0. The van der Waals surface area contributed by atoms with Crippen molar-refractivity contribution in [3.63, 3.8) is 0 Å². The van der Waals surface area contributed by atoms with Gasteiger partial charge in [-0.05, 0) is 35.9 Å². The van der Waals surface area contributed by atoms with Gasteiger partial charge in [0.25, 0.3) is 0 Å². The van der Waals surface area contributed by atoms with E-state index in [2.05, 4.69) is 47.8 Å². The summed E-state index contributed by atoms with van der Waals surface area (Å²) in [6.07, 6.45) is 0.287. The average molecular weight is 467 g/mol. The van der Waals surface area contributed by atoms with E-state index in [0.29, 0.717) is 10.6 Å². The van der Waals surface area contributed by atoms with E-state index in [0.717, 1.165) is 19.0 Å². The van der Waals surface area contributed by atoms with E-state index >= 15 is 0 Å². The van der Waals surface area contributed by atoms with E-state index in [9.17, 15) is 4.79 Å². The van der Waals surface area contributed by atoms with Gasteiger partial charge in [0, 0.05) is 30.4 Å². The topological polar surface area (TPSA) is 17.1 Å². The molecule has 0 aliphatic heterocycles. The lowest BCUT2D eigenvalue weighted by atomic mass is 10.0. The molecule has 2 aromatic carbocycles. The Bertz CT molecular complexity index is 620. The Kier molecular flexibility index (Phi) is 5.23. The van der Waals surface area contributed by atoms with Gasteiger partial charge in [0.2, 0.25) is 0 Å². The van der Waals surface area contributed by atoms with E-state index < -0.39 is 0 Å². The standard InChI is InChI=1S/C14H8Br3ClO/c15-10-2-1-8(13(18)7-10)5-14(19)9-3-11(16)6-12(17)4-9/h1-4,6-7H,5H2. The molecule has 0 aliphatic rings. The van der Waals surface area contributed by atoms with Crippen molar-refractivity contribution in [3.05, 3.63) is 66.0 Å². The van der Waals surface area contributed by atoms with Gasteiger partial charge in [-0.25, -0.2) is 0 Å². The zero-order valence-electron chi connectivity index (χ0n) is 9.59. The number of ketones is 1. The maximum absolute atomic E-state index is 12.2. The number of rotatable bonds is 3. The largest absolute Gasteiger partial charge is 0.294 e. The van der Waals surface area contributed by atoms with E-state index in [4.69, 9.17) is 11.6 Å². The fourth-order valence-corrected chi connectivity index (χ4v) is 3.69. The molecule has 2 aromatic rings. The predicted octanol–water partition coefficient (Wildman–Crippen LogP) is 6.05. The highest BCUT2D eigenvalue weighted by Gasteiger charge is 2.11. The van der Waals surface area contributed by atoms with Gasteiger partial charge in [-0.3, -0.25) is 4.79 Å². The lowest BCUT2D eigenvalue weighted by Gasteiger charge is -2.06. The number of benzene rings is 2. The smallest absolute Gasteiger partial charge is 0.167 e. The van der Waals surface area contributed by atoms with E-state index in [1.54, 1.807) is 18.2 Å². The van der Waals surface area contributed by atoms with Crippen LogP contribution in [0.1, 0.15) is 15.9 Å². The SMILES string of the molecule is O=C(Cc1ccc(Br)cc1Cl)c1cc(Br)cc(Br)c1. The van der Waals surface area contributed by atoms with Gasteiger partial charge >= 0.3 is 0 Å². The summed E-state index contributed by atoms with van der Waals surface area (Å²) >= 11 is 16.2. The Morgan fingerprint density at radius 1 is 0.947 bits per heavy atom. The lowest BCUT2D eigenvalue weighted by molar-refractivity contribution is 0.0993. The summed E-state index contributed by atoms with van der Waals surface area (Å²) in [4.78, 5) is 12.2. The molecule has 0 atom stereocenters. The van der Waals surface area contributed by atoms with Gasteiger partial charge in [-0.1, -0.05) is 65.5 Å². The first-order valence-corrected chi connectivity index (χ1v) is 8.14. The minimum absolute atomic E-state index is 0.0335. The third-order valence-electron chi connectivity index (χ3n) is 2.55. The first-order chi connectivity index (χ1) is 8.95. The van der Waals surface area contributed by atoms with Gasteiger partial charge in [0.15, 0.2) is 5.78 Å². The van der Waals surface area contributed by atoms with Crippen molar-refractivity contribution in [1.29, 1.82) is 0 Å². The van der Waals surface area contributed by atoms with Crippen LogP contribution in [-0.4, -0.2) is 5.78 Å². The Hall–Kier alpha value is -0.160. The fourth-order valence-electron chi connectivity index (χ4n) is 1.65. The Labute approximate surface area is 141 Å². The fraction of sp³-hybridized carbons (Fsp3) is 0.0714. The van der Waals surface area contributed by atoms with Crippen LogP contribution in [0.2, 0.25) is 5.02 Å². The van der Waals surface area contributed by atoms with Crippen molar-refractivity contribution in [2.24, 2.45) is 0 Å². The molecule has 0 saturated heterocycles. The van der Waals surface area contributed by atoms with Crippen molar-refractivity contribution in [1.82, 2.24) is 0 Å². The minimum Gasteiger partial charge on any atom is -0.294 e. The molecule has 0 radical (unpaired) electrons. The maximum atomic E-state index is 12.2. The molecule has 98 valence electrons. The molecule has 19 heavy (non-hydrogen) atoms. The van der Waals surface area contributed by atoms with E-state index in [1.807, 2.05) is 18.2 Å². The van der Waals surface area contributed by atoms with Crippen molar-refractivity contribution < 1.29 is 4.79 Å². The van der Waals surface area contributed by atoms with Crippen molar-refractivity contribution in [2.75, 3.05) is 0 Å². The van der Waals surface area contributed by atoms with Crippen LogP contribution in [0, 0.1) is 0 Å². The molecule has 0 bridgehead atoms. The molecular weight excluding hydrogens is 459 g/mol. The number of hydrogen-bond acceptors (Lipinski definition) is 1. The molecule has 0 unspecified atom stereocenters. The molecule has 0 saturated carbocycles. The molecular formula is C14H8Br3ClO. The van der Waals surface area contributed by atoms with Gasteiger partial charge in [-0.15, -0.1) is 0 Å². The normalized spacial score (nSPS) is 10.5. The summed E-state index contributed by atoms with van der Waals surface area (Å²) in [6, 6.07) is 11.0. The van der Waals surface area contributed by atoms with Crippen LogP contribution in [0.3, 0.4) is 0 Å². The highest BCUT2D eigenvalue weighted by atomic mass is 79.9. The molecule has 0 N–H and O–H groups in total. The van der Waals surface area contributed by atoms with Crippen molar-refractivity contribution in [3.8, 4) is 0 Å². The van der Waals surface area contributed by atoms with Crippen LogP contribution >= 0.6 is 59.4 Å². The van der Waals surface area contributed by atoms with Gasteiger partial charge in [0.05, 0.1) is 0 Å². The number of carbonyl (C=O) groups excluding carboxylic acids is 1. The van der Waals surface area contributed by atoms with Crippen LogP contribution in [0.5, 0.6) is 0 Å². The Morgan fingerprint density at radius 2 is 1.58 bits per heavy atom. The average Bonchev–Trinajstić information content (AvgIpc) is 2.31. The van der Waals surface area contributed by atoms with E-state index in [-0.39, 0.29) is 12.2 Å². The van der Waals surface area contributed by atoms with Crippen LogP contribution in [0.15, 0.2) is 49.8 Å². The van der Waals surface area contributed by atoms with Crippen LogP contribution in [-0.2, 0) is 6.42 Å². The summed E-state index contributed by atoms with van der Waals surface area (Å²) in [5.74, 6) is 0.0335. The first-order valence-electron chi connectivity index (χ1n) is 5.39. The van der Waals surface area contributed by atoms with Crippen molar-refractivity contribution in [2.45, 2.75) is 6.42 Å². The molecule has 0 amide bonds.